The van der Waals surface area contributed by atoms with E-state index in [9.17, 15) is 9.59 Å². The highest BCUT2D eigenvalue weighted by Crippen LogP contribution is 2.38. The Labute approximate surface area is 132 Å². The number of carboxylic acids is 1. The molecule has 1 aliphatic carbocycles. The van der Waals surface area contributed by atoms with E-state index < -0.39 is 5.97 Å². The van der Waals surface area contributed by atoms with Crippen molar-refractivity contribution in [2.45, 2.75) is 13.3 Å². The van der Waals surface area contributed by atoms with Crippen molar-refractivity contribution in [1.29, 1.82) is 0 Å². The predicted octanol–water partition coefficient (Wildman–Crippen LogP) is 3.81. The van der Waals surface area contributed by atoms with Gasteiger partial charge >= 0.3 is 12.0 Å². The van der Waals surface area contributed by atoms with E-state index >= 15 is 0 Å². The van der Waals surface area contributed by atoms with E-state index in [-0.39, 0.29) is 27.3 Å². The Morgan fingerprint density at radius 1 is 1.38 bits per heavy atom. The number of nitrogens with one attached hydrogen (secondary N) is 1. The first-order valence-electron chi connectivity index (χ1n) is 6.54. The van der Waals surface area contributed by atoms with Crippen molar-refractivity contribution in [2.24, 2.45) is 11.8 Å². The highest BCUT2D eigenvalue weighted by atomic mass is 35.5. The molecule has 0 heterocycles. The third kappa shape index (κ3) is 3.80. The van der Waals surface area contributed by atoms with E-state index in [1.807, 2.05) is 0 Å². The van der Waals surface area contributed by atoms with Gasteiger partial charge < -0.3 is 15.3 Å². The van der Waals surface area contributed by atoms with E-state index in [2.05, 4.69) is 12.2 Å². The summed E-state index contributed by atoms with van der Waals surface area (Å²) in [6.45, 7) is 2.82. The topological polar surface area (TPSA) is 69.6 Å². The number of anilines is 1. The van der Waals surface area contributed by atoms with Crippen molar-refractivity contribution < 1.29 is 14.7 Å². The number of amides is 2. The number of carboxylic acid groups (broad SMARTS) is 1. The molecule has 0 spiro atoms. The van der Waals surface area contributed by atoms with Crippen LogP contribution in [0.25, 0.3) is 0 Å². The summed E-state index contributed by atoms with van der Waals surface area (Å²) < 4.78 is 0. The lowest BCUT2D eigenvalue weighted by Gasteiger charge is -2.19. The summed E-state index contributed by atoms with van der Waals surface area (Å²) in [6, 6.07) is 2.20. The fraction of sp³-hybridized carbons (Fsp3) is 0.429. The number of urea groups is 1. The molecule has 2 unspecified atom stereocenters. The van der Waals surface area contributed by atoms with Crippen molar-refractivity contribution in [3.05, 3.63) is 27.7 Å². The first-order chi connectivity index (χ1) is 9.79. The monoisotopic (exact) mass is 330 g/mol. The van der Waals surface area contributed by atoms with Crippen LogP contribution in [0.4, 0.5) is 10.5 Å². The van der Waals surface area contributed by atoms with Crippen LogP contribution in [0.15, 0.2) is 12.1 Å². The molecule has 2 atom stereocenters. The number of hydrogen-bond donors (Lipinski definition) is 2. The van der Waals surface area contributed by atoms with Gasteiger partial charge in [0.05, 0.1) is 21.3 Å². The number of nitrogens with zero attached hydrogens (tertiary/aromatic N) is 1. The van der Waals surface area contributed by atoms with Gasteiger partial charge in [-0.3, -0.25) is 0 Å². The summed E-state index contributed by atoms with van der Waals surface area (Å²) in [7, 11) is 1.70. The summed E-state index contributed by atoms with van der Waals surface area (Å²) in [5, 5.41) is 11.7. The van der Waals surface area contributed by atoms with Crippen LogP contribution in [0, 0.1) is 11.8 Å². The number of carbonyl (C=O) groups is 2. The number of carbonyl (C=O) groups excluding carboxylic acids is 1. The Balaban J connectivity index is 2.08. The Morgan fingerprint density at radius 2 is 1.90 bits per heavy atom. The van der Waals surface area contributed by atoms with Crippen LogP contribution >= 0.6 is 23.2 Å². The van der Waals surface area contributed by atoms with Crippen molar-refractivity contribution in [3.63, 3.8) is 0 Å². The molecular weight excluding hydrogens is 315 g/mol. The third-order valence-electron chi connectivity index (χ3n) is 3.65. The first kappa shape index (κ1) is 15.9. The summed E-state index contributed by atoms with van der Waals surface area (Å²) >= 11 is 12.0. The molecular formula is C14H16Cl2N2O3. The second kappa shape index (κ2) is 6.12. The maximum Gasteiger partial charge on any atom is 0.335 e. The van der Waals surface area contributed by atoms with E-state index in [0.29, 0.717) is 18.4 Å². The molecule has 0 aliphatic heterocycles. The largest absolute Gasteiger partial charge is 0.478 e. The second-order valence-corrected chi connectivity index (χ2v) is 6.22. The average molecular weight is 331 g/mol. The van der Waals surface area contributed by atoms with E-state index in [4.69, 9.17) is 28.3 Å². The minimum atomic E-state index is -1.13. The maximum absolute atomic E-state index is 12.1. The number of aromatic carboxylic acids is 1. The van der Waals surface area contributed by atoms with E-state index in [1.54, 1.807) is 11.9 Å². The standard InChI is InChI=1S/C14H16Cl2N2O3/c1-7-3-9(7)6-18(2)14(21)17-12-10(15)4-8(13(19)20)5-11(12)16/h4-5,7,9H,3,6H2,1-2H3,(H,17,21)(H,19,20). The molecule has 1 aromatic carbocycles. The van der Waals surface area contributed by atoms with Gasteiger partial charge in [-0.05, 0) is 30.4 Å². The van der Waals surface area contributed by atoms with E-state index in [0.717, 1.165) is 6.42 Å². The Hall–Kier alpha value is -1.46. The Morgan fingerprint density at radius 3 is 2.33 bits per heavy atom. The summed E-state index contributed by atoms with van der Waals surface area (Å²) in [6.07, 6.45) is 1.13. The van der Waals surface area contributed by atoms with Crippen LogP contribution in [0.2, 0.25) is 10.0 Å². The minimum Gasteiger partial charge on any atom is -0.478 e. The molecule has 2 amide bonds. The van der Waals surface area contributed by atoms with Gasteiger partial charge in [-0.15, -0.1) is 0 Å². The van der Waals surface area contributed by atoms with Crippen LogP contribution in [0.1, 0.15) is 23.7 Å². The van der Waals surface area contributed by atoms with Crippen LogP contribution in [-0.4, -0.2) is 35.6 Å². The molecule has 1 aliphatic rings. The summed E-state index contributed by atoms with van der Waals surface area (Å²) in [5.41, 5.74) is 0.201. The van der Waals surface area contributed by atoms with Crippen LogP contribution < -0.4 is 5.32 Å². The van der Waals surface area contributed by atoms with Gasteiger partial charge in [-0.1, -0.05) is 30.1 Å². The lowest BCUT2D eigenvalue weighted by molar-refractivity contribution is 0.0697. The lowest BCUT2D eigenvalue weighted by atomic mass is 10.2. The van der Waals surface area contributed by atoms with E-state index in [1.165, 1.54) is 12.1 Å². The molecule has 1 aromatic rings. The van der Waals surface area contributed by atoms with Gasteiger partial charge in [0, 0.05) is 13.6 Å². The fourth-order valence-corrected chi connectivity index (χ4v) is 2.69. The first-order valence-corrected chi connectivity index (χ1v) is 7.29. The molecule has 114 valence electrons. The molecule has 1 fully saturated rings. The Bertz CT molecular complexity index is 569. The van der Waals surface area contributed by atoms with Crippen molar-refractivity contribution in [1.82, 2.24) is 4.90 Å². The predicted molar refractivity (Wildman–Crippen MR) is 82.3 cm³/mol. The van der Waals surface area contributed by atoms with Gasteiger partial charge in [0.15, 0.2) is 0 Å². The Kier molecular flexibility index (Phi) is 4.64. The molecule has 2 N–H and O–H groups in total. The van der Waals surface area contributed by atoms with Crippen molar-refractivity contribution in [2.75, 3.05) is 18.9 Å². The van der Waals surface area contributed by atoms with Crippen LogP contribution in [-0.2, 0) is 0 Å². The fourth-order valence-electron chi connectivity index (χ4n) is 2.11. The van der Waals surface area contributed by atoms with Gasteiger partial charge in [-0.25, -0.2) is 9.59 Å². The highest BCUT2D eigenvalue weighted by Gasteiger charge is 2.34. The molecule has 5 nitrogen and oxygen atoms in total. The third-order valence-corrected chi connectivity index (χ3v) is 4.25. The zero-order valence-electron chi connectivity index (χ0n) is 11.7. The molecule has 0 aromatic heterocycles. The van der Waals surface area contributed by atoms with Crippen LogP contribution in [0.3, 0.4) is 0 Å². The molecule has 1 saturated carbocycles. The van der Waals surface area contributed by atoms with Gasteiger partial charge in [0.1, 0.15) is 0 Å². The normalized spacial score (nSPS) is 20.0. The van der Waals surface area contributed by atoms with Crippen molar-refractivity contribution in [3.8, 4) is 0 Å². The molecule has 0 saturated heterocycles. The highest BCUT2D eigenvalue weighted by molar-refractivity contribution is 6.40. The molecule has 2 rings (SSSR count). The summed E-state index contributed by atoms with van der Waals surface area (Å²) in [4.78, 5) is 24.6. The molecule has 21 heavy (non-hydrogen) atoms. The zero-order chi connectivity index (χ0) is 15.7. The zero-order valence-corrected chi connectivity index (χ0v) is 13.2. The van der Waals surface area contributed by atoms with Crippen molar-refractivity contribution >= 4 is 40.9 Å². The molecule has 7 heteroatoms. The number of hydrogen-bond acceptors (Lipinski definition) is 2. The van der Waals surface area contributed by atoms with Gasteiger partial charge in [-0.2, -0.15) is 0 Å². The second-order valence-electron chi connectivity index (χ2n) is 5.40. The number of halogens is 2. The summed E-state index contributed by atoms with van der Waals surface area (Å²) in [5.74, 6) is 0.0693. The minimum absolute atomic E-state index is 0.0249. The number of rotatable bonds is 4. The average Bonchev–Trinajstić information content (AvgIpc) is 3.08. The molecule has 0 radical (unpaired) electrons. The number of benzene rings is 1. The van der Waals surface area contributed by atoms with Gasteiger partial charge in [0.25, 0.3) is 0 Å². The smallest absolute Gasteiger partial charge is 0.335 e. The SMILES string of the molecule is CC1CC1CN(C)C(=O)Nc1c(Cl)cc(C(=O)O)cc1Cl. The van der Waals surface area contributed by atoms with Gasteiger partial charge in [0.2, 0.25) is 0 Å². The lowest BCUT2D eigenvalue weighted by Crippen LogP contribution is -2.33. The quantitative estimate of drug-likeness (QED) is 0.881. The van der Waals surface area contributed by atoms with Crippen LogP contribution in [0.5, 0.6) is 0 Å². The molecule has 0 bridgehead atoms. The maximum atomic E-state index is 12.1.